The highest BCUT2D eigenvalue weighted by atomic mass is 16.5. The van der Waals surface area contributed by atoms with Crippen molar-refractivity contribution in [2.75, 3.05) is 18.6 Å². The van der Waals surface area contributed by atoms with E-state index in [1.54, 1.807) is 14.2 Å². The zero-order valence-corrected chi connectivity index (χ0v) is 18.6. The number of anilines is 2. The lowest BCUT2D eigenvalue weighted by Gasteiger charge is -2.30. The van der Waals surface area contributed by atoms with E-state index in [9.17, 15) is 9.59 Å². The monoisotopic (exact) mass is 443 g/mol. The van der Waals surface area contributed by atoms with E-state index < -0.39 is 0 Å². The Hall–Kier alpha value is -4.07. The average molecular weight is 444 g/mol. The molecule has 8 nitrogen and oxygen atoms in total. The molecule has 0 N–H and O–H groups in total. The molecule has 2 aromatic heterocycles. The number of hydrogen-bond donors (Lipinski definition) is 0. The highest BCUT2D eigenvalue weighted by molar-refractivity contribution is 5.78. The van der Waals surface area contributed by atoms with Crippen molar-refractivity contribution in [3.63, 3.8) is 0 Å². The molecule has 0 aliphatic carbocycles. The molecule has 4 aromatic rings. The minimum atomic E-state index is -0.385. The first-order valence-electron chi connectivity index (χ1n) is 10.9. The smallest absolute Gasteiger partial charge is 0.332 e. The molecule has 33 heavy (non-hydrogen) atoms. The molecule has 0 unspecified atom stereocenters. The van der Waals surface area contributed by atoms with E-state index in [1.807, 2.05) is 76.2 Å². The first kappa shape index (κ1) is 20.8. The first-order valence-corrected chi connectivity index (χ1v) is 10.9. The first-order chi connectivity index (χ1) is 16.1. The maximum Gasteiger partial charge on any atom is 0.332 e. The van der Waals surface area contributed by atoms with Gasteiger partial charge in [0.25, 0.3) is 5.56 Å². The molecule has 0 spiro atoms. The summed E-state index contributed by atoms with van der Waals surface area (Å²) in [5, 5.41) is 0. The second-order valence-corrected chi connectivity index (χ2v) is 7.98. The molecule has 0 amide bonds. The second-order valence-electron chi connectivity index (χ2n) is 7.98. The van der Waals surface area contributed by atoms with Gasteiger partial charge in [-0.2, -0.15) is 4.98 Å². The van der Waals surface area contributed by atoms with Crippen molar-refractivity contribution in [3.8, 4) is 5.75 Å². The summed E-state index contributed by atoms with van der Waals surface area (Å²) < 4.78 is 10.2. The third-order valence-corrected chi connectivity index (χ3v) is 5.99. The summed E-state index contributed by atoms with van der Waals surface area (Å²) in [7, 11) is 3.30. The van der Waals surface area contributed by atoms with Crippen molar-refractivity contribution in [1.29, 1.82) is 0 Å². The number of ether oxygens (including phenoxy) is 1. The maximum atomic E-state index is 13.5. The number of hydrogen-bond acceptors (Lipinski definition) is 5. The van der Waals surface area contributed by atoms with E-state index in [-0.39, 0.29) is 17.8 Å². The molecule has 168 valence electrons. The fraction of sp³-hybridized carbons (Fsp3) is 0.240. The molecule has 8 heteroatoms. The van der Waals surface area contributed by atoms with Crippen molar-refractivity contribution in [1.82, 2.24) is 18.7 Å². The summed E-state index contributed by atoms with van der Waals surface area (Å²) in [5.41, 5.74) is 2.02. The summed E-state index contributed by atoms with van der Waals surface area (Å²) in [6.07, 6.45) is 4.58. The van der Waals surface area contributed by atoms with Crippen molar-refractivity contribution in [2.45, 2.75) is 19.5 Å². The van der Waals surface area contributed by atoms with Gasteiger partial charge in [0, 0.05) is 26.7 Å². The van der Waals surface area contributed by atoms with Gasteiger partial charge in [-0.05, 0) is 24.1 Å². The lowest BCUT2D eigenvalue weighted by atomic mass is 10.2. The molecule has 0 bridgehead atoms. The van der Waals surface area contributed by atoms with Crippen LogP contribution in [0.15, 0.2) is 70.3 Å². The van der Waals surface area contributed by atoms with Crippen molar-refractivity contribution in [3.05, 3.63) is 87.1 Å². The number of para-hydroxylation sites is 2. The van der Waals surface area contributed by atoms with Gasteiger partial charge in [0.1, 0.15) is 5.75 Å². The number of aromatic nitrogens is 4. The van der Waals surface area contributed by atoms with Crippen LogP contribution in [-0.2, 0) is 20.1 Å². The Balaban J connectivity index is 1.62. The van der Waals surface area contributed by atoms with Crippen LogP contribution in [0.1, 0.15) is 12.0 Å². The van der Waals surface area contributed by atoms with Gasteiger partial charge in [0.15, 0.2) is 11.2 Å². The lowest BCUT2D eigenvalue weighted by molar-refractivity contribution is 0.414. The molecule has 0 saturated heterocycles. The van der Waals surface area contributed by atoms with Gasteiger partial charge in [-0.15, -0.1) is 0 Å². The third kappa shape index (κ3) is 3.53. The lowest BCUT2D eigenvalue weighted by Crippen LogP contribution is -2.39. The second kappa shape index (κ2) is 8.46. The van der Waals surface area contributed by atoms with E-state index in [1.165, 1.54) is 9.13 Å². The highest BCUT2D eigenvalue weighted by Crippen LogP contribution is 2.36. The van der Waals surface area contributed by atoms with E-state index in [4.69, 9.17) is 9.72 Å². The van der Waals surface area contributed by atoms with Gasteiger partial charge in [-0.3, -0.25) is 13.9 Å². The van der Waals surface area contributed by atoms with Gasteiger partial charge in [-0.25, -0.2) is 4.79 Å². The molecule has 0 radical (unpaired) electrons. The molecule has 1 aliphatic rings. The van der Waals surface area contributed by atoms with E-state index in [2.05, 4.69) is 0 Å². The Morgan fingerprint density at radius 3 is 2.58 bits per heavy atom. The maximum absolute atomic E-state index is 13.5. The molecular formula is C25H25N5O3. The van der Waals surface area contributed by atoms with Crippen molar-refractivity contribution < 1.29 is 4.74 Å². The summed E-state index contributed by atoms with van der Waals surface area (Å²) in [5.74, 6) is 1.38. The fourth-order valence-corrected chi connectivity index (χ4v) is 4.37. The number of nitrogens with zero attached hydrogens (tertiary/aromatic N) is 5. The predicted molar refractivity (Wildman–Crippen MR) is 129 cm³/mol. The predicted octanol–water partition coefficient (Wildman–Crippen LogP) is 3.16. The number of rotatable bonds is 5. The Labute approximate surface area is 190 Å². The summed E-state index contributed by atoms with van der Waals surface area (Å²) in [6, 6.07) is 17.5. The molecule has 1 aliphatic heterocycles. The van der Waals surface area contributed by atoms with Gasteiger partial charge >= 0.3 is 5.69 Å². The number of fused-ring (bicyclic) bond motifs is 3. The molecule has 5 rings (SSSR count). The Morgan fingerprint density at radius 2 is 1.79 bits per heavy atom. The van der Waals surface area contributed by atoms with Crippen LogP contribution in [0.25, 0.3) is 17.2 Å². The highest BCUT2D eigenvalue weighted by Gasteiger charge is 2.28. The molecule has 3 heterocycles. The SMILES string of the molecule is COc1ccccc1N1CCCn2c1nc1c2c(=O)n(CC=Cc2ccccc2)c(=O)n1C. The zero-order chi connectivity index (χ0) is 22.9. The van der Waals surface area contributed by atoms with Crippen LogP contribution in [-0.4, -0.2) is 32.3 Å². The molecule has 0 atom stereocenters. The summed E-state index contributed by atoms with van der Waals surface area (Å²) >= 11 is 0. The number of aryl methyl sites for hydroxylation is 2. The van der Waals surface area contributed by atoms with Gasteiger partial charge in [-0.1, -0.05) is 54.6 Å². The molecule has 0 saturated carbocycles. The Bertz CT molecular complexity index is 1460. The minimum Gasteiger partial charge on any atom is -0.495 e. The standard InChI is InChI=1S/C25H25N5O3/c1-27-22-21(23(31)30(25(27)32)15-8-12-18-10-4-3-5-11-18)29-17-9-16-28(24(29)26-22)19-13-6-7-14-20(19)33-2/h3-8,10-14H,9,15-17H2,1-2H3. The largest absolute Gasteiger partial charge is 0.495 e. The number of allylic oxidation sites excluding steroid dienone is 1. The van der Waals surface area contributed by atoms with Gasteiger partial charge in [0.05, 0.1) is 12.8 Å². The van der Waals surface area contributed by atoms with Gasteiger partial charge in [0.2, 0.25) is 5.95 Å². The Kier molecular flexibility index (Phi) is 5.34. The van der Waals surface area contributed by atoms with Crippen LogP contribution < -0.4 is 20.9 Å². The number of imidazole rings is 1. The normalized spacial score (nSPS) is 13.6. The number of methoxy groups -OCH3 is 1. The van der Waals surface area contributed by atoms with Gasteiger partial charge < -0.3 is 14.2 Å². The molecule has 2 aromatic carbocycles. The Morgan fingerprint density at radius 1 is 1.03 bits per heavy atom. The van der Waals surface area contributed by atoms with Crippen molar-refractivity contribution >= 4 is 28.9 Å². The topological polar surface area (TPSA) is 74.3 Å². The molecule has 0 fully saturated rings. The van der Waals surface area contributed by atoms with Crippen LogP contribution in [0.2, 0.25) is 0 Å². The van der Waals surface area contributed by atoms with Crippen LogP contribution in [0.4, 0.5) is 11.6 Å². The van der Waals surface area contributed by atoms with Crippen LogP contribution in [0, 0.1) is 0 Å². The average Bonchev–Trinajstić information content (AvgIpc) is 3.25. The van der Waals surface area contributed by atoms with E-state index >= 15 is 0 Å². The van der Waals surface area contributed by atoms with Crippen LogP contribution in [0.3, 0.4) is 0 Å². The van der Waals surface area contributed by atoms with E-state index in [0.29, 0.717) is 23.7 Å². The number of benzene rings is 2. The summed E-state index contributed by atoms with van der Waals surface area (Å²) in [4.78, 5) is 33.3. The third-order valence-electron chi connectivity index (χ3n) is 5.99. The summed E-state index contributed by atoms with van der Waals surface area (Å²) in [6.45, 7) is 1.59. The quantitative estimate of drug-likeness (QED) is 0.474. The molecular weight excluding hydrogens is 418 g/mol. The van der Waals surface area contributed by atoms with E-state index in [0.717, 1.165) is 30.0 Å². The minimum absolute atomic E-state index is 0.188. The zero-order valence-electron chi connectivity index (χ0n) is 18.6. The fourth-order valence-electron chi connectivity index (χ4n) is 4.37. The van der Waals surface area contributed by atoms with Crippen LogP contribution >= 0.6 is 0 Å². The van der Waals surface area contributed by atoms with Crippen LogP contribution in [0.5, 0.6) is 5.75 Å². The van der Waals surface area contributed by atoms with Crippen molar-refractivity contribution in [2.24, 2.45) is 7.05 Å².